The minimum Gasteiger partial charge on any atom is -0.491 e. The fraction of sp³-hybridized carbons (Fsp3) is 0.714. The van der Waals surface area contributed by atoms with Crippen LogP contribution in [0, 0.1) is 0 Å². The quantitative estimate of drug-likeness (QED) is 0.799. The van der Waals surface area contributed by atoms with E-state index in [4.69, 9.17) is 21.1 Å². The highest BCUT2D eigenvalue weighted by Crippen LogP contribution is 2.25. The van der Waals surface area contributed by atoms with Gasteiger partial charge < -0.3 is 14.8 Å². The van der Waals surface area contributed by atoms with E-state index in [9.17, 15) is 0 Å². The molecule has 0 amide bonds. The Morgan fingerprint density at radius 3 is 2.65 bits per heavy atom. The van der Waals surface area contributed by atoms with Crippen LogP contribution >= 0.6 is 11.6 Å². The summed E-state index contributed by atoms with van der Waals surface area (Å²) >= 11 is 6.22. The van der Waals surface area contributed by atoms with Crippen LogP contribution in [-0.4, -0.2) is 48.9 Å². The Morgan fingerprint density at radius 1 is 1.23 bits per heavy atom. The molecule has 4 nitrogen and oxygen atoms in total. The lowest BCUT2D eigenvalue weighted by Crippen LogP contribution is -2.49. The first kappa shape index (κ1) is 19.9. The van der Waals surface area contributed by atoms with Crippen LogP contribution in [0.5, 0.6) is 5.75 Å². The molecule has 2 saturated heterocycles. The minimum atomic E-state index is 0.230. The molecule has 2 fully saturated rings. The van der Waals surface area contributed by atoms with Gasteiger partial charge in [-0.3, -0.25) is 4.90 Å². The van der Waals surface area contributed by atoms with E-state index in [0.717, 1.165) is 55.4 Å². The standard InChI is InChI=1S/C21H33ClN2O2/c1-21(2,3)24-10-8-18(9-11-24)23-14-16-13-17(22)6-7-20(16)26-15-19-5-4-12-25-19/h6-7,13,18-19,23H,4-5,8-12,14-15H2,1-3H3. The molecule has 2 aliphatic rings. The minimum absolute atomic E-state index is 0.230. The second-order valence-corrected chi connectivity index (χ2v) is 8.95. The highest BCUT2D eigenvalue weighted by Gasteiger charge is 2.26. The number of likely N-dealkylation sites (tertiary alicyclic amines) is 1. The highest BCUT2D eigenvalue weighted by molar-refractivity contribution is 6.30. The van der Waals surface area contributed by atoms with Crippen molar-refractivity contribution in [2.24, 2.45) is 0 Å². The molecule has 0 aromatic heterocycles. The summed E-state index contributed by atoms with van der Waals surface area (Å²) in [7, 11) is 0. The zero-order valence-corrected chi connectivity index (χ0v) is 17.1. The molecule has 2 heterocycles. The van der Waals surface area contributed by atoms with Gasteiger partial charge in [-0.15, -0.1) is 0 Å². The first-order chi connectivity index (χ1) is 12.4. The van der Waals surface area contributed by atoms with E-state index < -0.39 is 0 Å². The molecule has 146 valence electrons. The number of ether oxygens (including phenoxy) is 2. The Balaban J connectivity index is 1.51. The van der Waals surface area contributed by atoms with Crippen LogP contribution < -0.4 is 10.1 Å². The maximum Gasteiger partial charge on any atom is 0.124 e. The van der Waals surface area contributed by atoms with Crippen molar-refractivity contribution in [2.45, 2.75) is 70.7 Å². The number of hydrogen-bond donors (Lipinski definition) is 1. The summed E-state index contributed by atoms with van der Waals surface area (Å²) in [5, 5.41) is 4.47. The van der Waals surface area contributed by atoms with Crippen LogP contribution in [0.25, 0.3) is 0 Å². The van der Waals surface area contributed by atoms with Crippen molar-refractivity contribution in [3.8, 4) is 5.75 Å². The number of hydrogen-bond acceptors (Lipinski definition) is 4. The molecule has 1 unspecified atom stereocenters. The topological polar surface area (TPSA) is 33.7 Å². The number of nitrogens with zero attached hydrogens (tertiary/aromatic N) is 1. The third kappa shape index (κ3) is 5.59. The Hall–Kier alpha value is -0.810. The normalized spacial score (nSPS) is 22.7. The number of piperidine rings is 1. The maximum absolute atomic E-state index is 6.22. The van der Waals surface area contributed by atoms with E-state index in [2.05, 4.69) is 31.0 Å². The molecule has 0 saturated carbocycles. The van der Waals surface area contributed by atoms with E-state index in [1.807, 2.05) is 18.2 Å². The van der Waals surface area contributed by atoms with Gasteiger partial charge in [-0.25, -0.2) is 0 Å². The van der Waals surface area contributed by atoms with Crippen molar-refractivity contribution in [3.63, 3.8) is 0 Å². The summed E-state index contributed by atoms with van der Waals surface area (Å²) in [4.78, 5) is 2.57. The third-order valence-corrected chi connectivity index (χ3v) is 5.73. The zero-order valence-electron chi connectivity index (χ0n) is 16.4. The van der Waals surface area contributed by atoms with Crippen molar-refractivity contribution in [1.29, 1.82) is 0 Å². The van der Waals surface area contributed by atoms with Gasteiger partial charge in [0.15, 0.2) is 0 Å². The summed E-state index contributed by atoms with van der Waals surface area (Å²) in [6.07, 6.45) is 4.82. The van der Waals surface area contributed by atoms with E-state index >= 15 is 0 Å². The molecule has 0 radical (unpaired) electrons. The Bertz CT molecular complexity index is 574. The molecule has 1 N–H and O–H groups in total. The molecule has 3 rings (SSSR count). The second kappa shape index (κ2) is 8.92. The predicted octanol–water partition coefficient (Wildman–Crippen LogP) is 4.25. The zero-order chi connectivity index (χ0) is 18.6. The first-order valence-electron chi connectivity index (χ1n) is 9.93. The number of rotatable bonds is 6. The molecular weight excluding hydrogens is 348 g/mol. The van der Waals surface area contributed by atoms with Crippen LogP contribution in [0.15, 0.2) is 18.2 Å². The summed E-state index contributed by atoms with van der Waals surface area (Å²) in [5.74, 6) is 0.921. The van der Waals surface area contributed by atoms with Gasteiger partial charge in [0.05, 0.1) is 6.10 Å². The molecule has 5 heteroatoms. The summed E-state index contributed by atoms with van der Waals surface area (Å²) < 4.78 is 11.7. The second-order valence-electron chi connectivity index (χ2n) is 8.51. The Morgan fingerprint density at radius 2 is 2.00 bits per heavy atom. The molecule has 2 aliphatic heterocycles. The van der Waals surface area contributed by atoms with E-state index in [-0.39, 0.29) is 11.6 Å². The van der Waals surface area contributed by atoms with Crippen LogP contribution in [0.1, 0.15) is 52.0 Å². The summed E-state index contributed by atoms with van der Waals surface area (Å²) in [6, 6.07) is 6.45. The monoisotopic (exact) mass is 380 g/mol. The molecule has 0 bridgehead atoms. The smallest absolute Gasteiger partial charge is 0.124 e. The van der Waals surface area contributed by atoms with Crippen molar-refractivity contribution in [3.05, 3.63) is 28.8 Å². The fourth-order valence-corrected chi connectivity index (χ4v) is 3.99. The largest absolute Gasteiger partial charge is 0.491 e. The summed E-state index contributed by atoms with van der Waals surface area (Å²) in [5.41, 5.74) is 1.40. The van der Waals surface area contributed by atoms with E-state index in [0.29, 0.717) is 12.6 Å². The molecule has 1 aromatic carbocycles. The van der Waals surface area contributed by atoms with Gasteiger partial charge in [-0.2, -0.15) is 0 Å². The Labute approximate surface area is 163 Å². The van der Waals surface area contributed by atoms with Crippen LogP contribution in [0.3, 0.4) is 0 Å². The van der Waals surface area contributed by atoms with Crippen LogP contribution in [0.2, 0.25) is 5.02 Å². The van der Waals surface area contributed by atoms with Gasteiger partial charge in [0.25, 0.3) is 0 Å². The van der Waals surface area contributed by atoms with Gasteiger partial charge in [-0.1, -0.05) is 11.6 Å². The first-order valence-corrected chi connectivity index (χ1v) is 10.3. The number of halogens is 1. The van der Waals surface area contributed by atoms with Crippen molar-refractivity contribution in [1.82, 2.24) is 10.2 Å². The lowest BCUT2D eigenvalue weighted by Gasteiger charge is -2.41. The van der Waals surface area contributed by atoms with Gasteiger partial charge in [0, 0.05) is 48.4 Å². The van der Waals surface area contributed by atoms with Crippen molar-refractivity contribution < 1.29 is 9.47 Å². The maximum atomic E-state index is 6.22. The molecule has 0 spiro atoms. The van der Waals surface area contributed by atoms with Crippen molar-refractivity contribution >= 4 is 11.6 Å². The SMILES string of the molecule is CC(C)(C)N1CCC(NCc2cc(Cl)ccc2OCC2CCCO2)CC1. The van der Waals surface area contributed by atoms with E-state index in [1.165, 1.54) is 12.8 Å². The highest BCUT2D eigenvalue weighted by atomic mass is 35.5. The van der Waals surface area contributed by atoms with Gasteiger partial charge in [0.1, 0.15) is 12.4 Å². The Kier molecular flexibility index (Phi) is 6.84. The van der Waals surface area contributed by atoms with E-state index in [1.54, 1.807) is 0 Å². The average molecular weight is 381 g/mol. The number of nitrogens with one attached hydrogen (secondary N) is 1. The molecule has 0 aliphatic carbocycles. The molecule has 1 atom stereocenters. The van der Waals surface area contributed by atoms with Gasteiger partial charge in [0.2, 0.25) is 0 Å². The van der Waals surface area contributed by atoms with Gasteiger partial charge in [-0.05, 0) is 64.7 Å². The van der Waals surface area contributed by atoms with Gasteiger partial charge >= 0.3 is 0 Å². The van der Waals surface area contributed by atoms with Crippen molar-refractivity contribution in [2.75, 3.05) is 26.3 Å². The summed E-state index contributed by atoms with van der Waals surface area (Å²) in [6.45, 7) is 11.5. The lowest BCUT2D eigenvalue weighted by molar-refractivity contribution is 0.0674. The van der Waals surface area contributed by atoms with Crippen LogP contribution in [0.4, 0.5) is 0 Å². The third-order valence-electron chi connectivity index (χ3n) is 5.50. The predicted molar refractivity (Wildman–Crippen MR) is 107 cm³/mol. The van der Waals surface area contributed by atoms with Crippen LogP contribution in [-0.2, 0) is 11.3 Å². The fourth-order valence-electron chi connectivity index (χ4n) is 3.79. The molecule has 26 heavy (non-hydrogen) atoms. The molecule has 1 aromatic rings. The average Bonchev–Trinajstić information content (AvgIpc) is 3.12. The lowest BCUT2D eigenvalue weighted by atomic mass is 9.98. The number of benzene rings is 1. The molecular formula is C21H33ClN2O2.